The second-order valence-corrected chi connectivity index (χ2v) is 4.70. The zero-order valence-electron chi connectivity index (χ0n) is 9.88. The van der Waals surface area contributed by atoms with Gasteiger partial charge < -0.3 is 4.90 Å². The zero-order valence-corrected chi connectivity index (χ0v) is 9.88. The van der Waals surface area contributed by atoms with E-state index < -0.39 is 0 Å². The molecule has 1 rings (SSSR count). The standard InChI is InChI=1S/C13H21NO/c1-4-10-14(11-5-2)12(15)13(3)8-6-7-9-13/h1H,5-11H2,2-3H3. The molecule has 0 N–H and O–H groups in total. The van der Waals surface area contributed by atoms with Crippen LogP contribution < -0.4 is 0 Å². The highest BCUT2D eigenvalue weighted by atomic mass is 16.2. The van der Waals surface area contributed by atoms with Gasteiger partial charge in [0.25, 0.3) is 0 Å². The number of carbonyl (C=O) groups excluding carboxylic acids is 1. The Kier molecular flexibility index (Phi) is 4.20. The molecule has 0 radical (unpaired) electrons. The van der Waals surface area contributed by atoms with Gasteiger partial charge in [-0.3, -0.25) is 4.79 Å². The molecule has 0 aliphatic heterocycles. The van der Waals surface area contributed by atoms with Gasteiger partial charge in [-0.25, -0.2) is 0 Å². The largest absolute Gasteiger partial charge is 0.331 e. The first kappa shape index (κ1) is 12.1. The van der Waals surface area contributed by atoms with Crippen LogP contribution in [0.15, 0.2) is 0 Å². The molecule has 1 saturated carbocycles. The Morgan fingerprint density at radius 1 is 1.47 bits per heavy atom. The molecule has 2 nitrogen and oxygen atoms in total. The molecule has 0 aromatic heterocycles. The van der Waals surface area contributed by atoms with E-state index in [-0.39, 0.29) is 11.3 Å². The van der Waals surface area contributed by atoms with Crippen molar-refractivity contribution >= 4 is 5.91 Å². The molecule has 0 saturated heterocycles. The van der Waals surface area contributed by atoms with Crippen molar-refractivity contribution in [2.24, 2.45) is 5.41 Å². The third-order valence-electron chi connectivity index (χ3n) is 3.29. The van der Waals surface area contributed by atoms with E-state index in [1.54, 1.807) is 0 Å². The van der Waals surface area contributed by atoms with E-state index in [1.807, 2.05) is 4.90 Å². The predicted molar refractivity (Wildman–Crippen MR) is 62.3 cm³/mol. The fourth-order valence-electron chi connectivity index (χ4n) is 2.38. The van der Waals surface area contributed by atoms with Gasteiger partial charge in [-0.15, -0.1) is 6.42 Å². The molecule has 1 fully saturated rings. The van der Waals surface area contributed by atoms with Gasteiger partial charge in [0, 0.05) is 12.0 Å². The highest BCUT2D eigenvalue weighted by Gasteiger charge is 2.38. The topological polar surface area (TPSA) is 20.3 Å². The van der Waals surface area contributed by atoms with Crippen molar-refractivity contribution in [1.82, 2.24) is 4.90 Å². The normalized spacial score (nSPS) is 18.5. The maximum Gasteiger partial charge on any atom is 0.229 e. The van der Waals surface area contributed by atoms with Crippen molar-refractivity contribution in [3.05, 3.63) is 0 Å². The summed E-state index contributed by atoms with van der Waals surface area (Å²) in [4.78, 5) is 14.1. The van der Waals surface area contributed by atoms with Crippen LogP contribution in [0.1, 0.15) is 46.0 Å². The smallest absolute Gasteiger partial charge is 0.229 e. The molecule has 0 heterocycles. The summed E-state index contributed by atoms with van der Waals surface area (Å²) in [5, 5.41) is 0. The number of carbonyl (C=O) groups is 1. The van der Waals surface area contributed by atoms with Crippen LogP contribution in [-0.2, 0) is 4.79 Å². The molecule has 1 aliphatic carbocycles. The van der Waals surface area contributed by atoms with E-state index in [0.717, 1.165) is 25.8 Å². The second kappa shape index (κ2) is 5.21. The molecule has 0 spiro atoms. The maximum atomic E-state index is 12.3. The van der Waals surface area contributed by atoms with Crippen LogP contribution in [-0.4, -0.2) is 23.9 Å². The zero-order chi connectivity index (χ0) is 11.3. The quantitative estimate of drug-likeness (QED) is 0.648. The van der Waals surface area contributed by atoms with Crippen LogP contribution in [0.3, 0.4) is 0 Å². The lowest BCUT2D eigenvalue weighted by Gasteiger charge is -2.30. The van der Waals surface area contributed by atoms with Crippen LogP contribution in [0.4, 0.5) is 0 Å². The number of nitrogens with zero attached hydrogens (tertiary/aromatic N) is 1. The van der Waals surface area contributed by atoms with E-state index in [2.05, 4.69) is 19.8 Å². The van der Waals surface area contributed by atoms with Gasteiger partial charge in [0.15, 0.2) is 0 Å². The summed E-state index contributed by atoms with van der Waals surface area (Å²) in [6.07, 6.45) is 10.7. The van der Waals surface area contributed by atoms with E-state index in [9.17, 15) is 4.79 Å². The summed E-state index contributed by atoms with van der Waals surface area (Å²) in [5.41, 5.74) is -0.133. The molecular formula is C13H21NO. The average molecular weight is 207 g/mol. The van der Waals surface area contributed by atoms with Crippen molar-refractivity contribution in [2.45, 2.75) is 46.0 Å². The summed E-state index contributed by atoms with van der Waals surface area (Å²) in [5.74, 6) is 2.84. The van der Waals surface area contributed by atoms with Crippen LogP contribution in [0.2, 0.25) is 0 Å². The molecule has 0 aromatic carbocycles. The van der Waals surface area contributed by atoms with Crippen molar-refractivity contribution in [3.63, 3.8) is 0 Å². The van der Waals surface area contributed by atoms with Gasteiger partial charge in [-0.05, 0) is 19.3 Å². The Morgan fingerprint density at radius 2 is 2.07 bits per heavy atom. The fraction of sp³-hybridized carbons (Fsp3) is 0.769. The molecule has 1 amide bonds. The Bertz CT molecular complexity index is 258. The lowest BCUT2D eigenvalue weighted by Crippen LogP contribution is -2.41. The van der Waals surface area contributed by atoms with Gasteiger partial charge in [-0.2, -0.15) is 0 Å². The molecule has 15 heavy (non-hydrogen) atoms. The van der Waals surface area contributed by atoms with Crippen LogP contribution in [0.25, 0.3) is 0 Å². The Hall–Kier alpha value is -0.970. The van der Waals surface area contributed by atoms with E-state index in [1.165, 1.54) is 12.8 Å². The molecule has 0 aromatic rings. The van der Waals surface area contributed by atoms with E-state index in [0.29, 0.717) is 6.54 Å². The lowest BCUT2D eigenvalue weighted by atomic mass is 9.87. The third-order valence-corrected chi connectivity index (χ3v) is 3.29. The summed E-state index contributed by atoms with van der Waals surface area (Å²) >= 11 is 0. The second-order valence-electron chi connectivity index (χ2n) is 4.70. The SMILES string of the molecule is C#CCN(CCC)C(=O)C1(C)CCCC1. The monoisotopic (exact) mass is 207 g/mol. The summed E-state index contributed by atoms with van der Waals surface area (Å²) in [7, 11) is 0. The van der Waals surface area contributed by atoms with Crippen molar-refractivity contribution < 1.29 is 4.79 Å². The highest BCUT2D eigenvalue weighted by Crippen LogP contribution is 2.39. The average Bonchev–Trinajstić information content (AvgIpc) is 2.65. The van der Waals surface area contributed by atoms with Gasteiger partial charge >= 0.3 is 0 Å². The van der Waals surface area contributed by atoms with Gasteiger partial charge in [-0.1, -0.05) is 32.6 Å². The number of hydrogen-bond acceptors (Lipinski definition) is 1. The predicted octanol–water partition coefficient (Wildman–Crippen LogP) is 2.44. The van der Waals surface area contributed by atoms with Crippen molar-refractivity contribution in [3.8, 4) is 12.3 Å². The lowest BCUT2D eigenvalue weighted by molar-refractivity contribution is -0.140. The van der Waals surface area contributed by atoms with E-state index >= 15 is 0 Å². The molecular weight excluding hydrogens is 186 g/mol. The minimum absolute atomic E-state index is 0.133. The van der Waals surface area contributed by atoms with Crippen molar-refractivity contribution in [2.75, 3.05) is 13.1 Å². The first-order valence-electron chi connectivity index (χ1n) is 5.87. The molecule has 84 valence electrons. The first-order chi connectivity index (χ1) is 7.14. The maximum absolute atomic E-state index is 12.3. The molecule has 0 bridgehead atoms. The number of rotatable bonds is 4. The number of terminal acetylenes is 1. The van der Waals surface area contributed by atoms with E-state index in [4.69, 9.17) is 6.42 Å². The minimum Gasteiger partial charge on any atom is -0.331 e. The summed E-state index contributed by atoms with van der Waals surface area (Å²) < 4.78 is 0. The van der Waals surface area contributed by atoms with Gasteiger partial charge in [0.1, 0.15) is 0 Å². The van der Waals surface area contributed by atoms with Crippen LogP contribution in [0.5, 0.6) is 0 Å². The molecule has 2 heteroatoms. The minimum atomic E-state index is -0.133. The highest BCUT2D eigenvalue weighted by molar-refractivity contribution is 5.82. The third kappa shape index (κ3) is 2.75. The summed E-state index contributed by atoms with van der Waals surface area (Å²) in [6, 6.07) is 0. The Labute approximate surface area is 93.0 Å². The van der Waals surface area contributed by atoms with Crippen LogP contribution in [0, 0.1) is 17.8 Å². The van der Waals surface area contributed by atoms with Crippen LogP contribution >= 0.6 is 0 Å². The Morgan fingerprint density at radius 3 is 2.53 bits per heavy atom. The van der Waals surface area contributed by atoms with Gasteiger partial charge in [0.05, 0.1) is 6.54 Å². The summed E-state index contributed by atoms with van der Waals surface area (Å²) in [6.45, 7) is 5.41. The Balaban J connectivity index is 2.66. The van der Waals surface area contributed by atoms with Gasteiger partial charge in [0.2, 0.25) is 5.91 Å². The number of hydrogen-bond donors (Lipinski definition) is 0. The van der Waals surface area contributed by atoms with Crippen molar-refractivity contribution in [1.29, 1.82) is 0 Å². The molecule has 0 atom stereocenters. The number of amides is 1. The first-order valence-corrected chi connectivity index (χ1v) is 5.87. The fourth-order valence-corrected chi connectivity index (χ4v) is 2.38. The molecule has 1 aliphatic rings. The molecule has 0 unspecified atom stereocenters.